The summed E-state index contributed by atoms with van der Waals surface area (Å²) in [5.41, 5.74) is 6.07. The zero-order valence-electron chi connectivity index (χ0n) is 21.6. The van der Waals surface area contributed by atoms with Crippen molar-refractivity contribution in [3.63, 3.8) is 0 Å². The van der Waals surface area contributed by atoms with Gasteiger partial charge in [0.2, 0.25) is 0 Å². The molecule has 2 aromatic rings. The highest BCUT2D eigenvalue weighted by Gasteiger charge is 2.43. The van der Waals surface area contributed by atoms with E-state index in [1.165, 1.54) is 5.56 Å². The summed E-state index contributed by atoms with van der Waals surface area (Å²) in [5.74, 6) is 1.36. The number of benzene rings is 2. The number of hydrogen-bond donors (Lipinski definition) is 0. The number of ketones is 2. The summed E-state index contributed by atoms with van der Waals surface area (Å²) in [6, 6.07) is 14.5. The minimum absolute atomic E-state index is 0.168. The minimum Gasteiger partial charge on any atom is -0.493 e. The highest BCUT2D eigenvalue weighted by molar-refractivity contribution is 14.1. The van der Waals surface area contributed by atoms with E-state index in [2.05, 4.69) is 64.7 Å². The van der Waals surface area contributed by atoms with Gasteiger partial charge >= 0.3 is 0 Å². The lowest BCUT2D eigenvalue weighted by molar-refractivity contribution is -0.117. The van der Waals surface area contributed by atoms with Crippen molar-refractivity contribution in [3.8, 4) is 11.5 Å². The van der Waals surface area contributed by atoms with Crippen molar-refractivity contribution in [1.29, 1.82) is 0 Å². The Hall–Kier alpha value is -2.61. The van der Waals surface area contributed by atoms with Crippen molar-refractivity contribution in [2.45, 2.75) is 64.2 Å². The summed E-state index contributed by atoms with van der Waals surface area (Å²) in [4.78, 5) is 29.5. The topological polar surface area (TPSA) is 55.8 Å². The number of Topliss-reactive ketones (excluding diaryl/α,β-unsaturated/α-hetero) is 2. The third-order valence-corrected chi connectivity index (χ3v) is 8.39. The van der Waals surface area contributed by atoms with Gasteiger partial charge in [0.15, 0.2) is 23.1 Å². The molecule has 2 aromatic carbocycles. The van der Waals surface area contributed by atoms with Crippen LogP contribution in [-0.4, -0.2) is 36.7 Å². The van der Waals surface area contributed by atoms with Crippen LogP contribution in [0.5, 0.6) is 11.5 Å². The van der Waals surface area contributed by atoms with Crippen LogP contribution in [0.4, 0.5) is 0 Å². The van der Waals surface area contributed by atoms with Crippen molar-refractivity contribution in [2.24, 2.45) is 0 Å². The zero-order chi connectivity index (χ0) is 25.9. The fourth-order valence-electron chi connectivity index (χ4n) is 5.96. The predicted octanol–water partition coefficient (Wildman–Crippen LogP) is 6.74. The number of nitrogens with zero attached hydrogens (tertiary/aromatic N) is 1. The summed E-state index contributed by atoms with van der Waals surface area (Å²) < 4.78 is 12.7. The van der Waals surface area contributed by atoms with Crippen LogP contribution in [0.25, 0.3) is 0 Å². The molecule has 3 aliphatic rings. The lowest BCUT2D eigenvalue weighted by atomic mass is 9.71. The van der Waals surface area contributed by atoms with Crippen molar-refractivity contribution in [3.05, 3.63) is 79.7 Å². The van der Waals surface area contributed by atoms with E-state index >= 15 is 0 Å². The summed E-state index contributed by atoms with van der Waals surface area (Å²) >= 11 is 2.28. The molecule has 194 valence electrons. The van der Waals surface area contributed by atoms with Gasteiger partial charge in [0.25, 0.3) is 0 Å². The van der Waals surface area contributed by atoms with Crippen LogP contribution in [0.2, 0.25) is 0 Å². The molecule has 1 aliphatic heterocycles. The molecule has 0 saturated heterocycles. The van der Waals surface area contributed by atoms with Crippen molar-refractivity contribution in [1.82, 2.24) is 4.90 Å². The number of allylic oxidation sites excluding steroid dienone is 4. The Kier molecular flexibility index (Phi) is 8.03. The minimum atomic E-state index is -0.346. The molecule has 0 unspecified atom stereocenters. The first-order chi connectivity index (χ1) is 18.0. The SMILES string of the molecule is CCCOc1c(I)cc(C2C3=C(CCCC3=O)N(CCc3ccccc3)C3=C2C(=O)CCC3)cc1OC. The molecule has 0 fully saturated rings. The molecule has 0 atom stereocenters. The fourth-order valence-corrected chi connectivity index (χ4v) is 6.74. The Balaban J connectivity index is 1.63. The van der Waals surface area contributed by atoms with E-state index in [1.54, 1.807) is 7.11 Å². The molecule has 0 saturated carbocycles. The highest BCUT2D eigenvalue weighted by Crippen LogP contribution is 2.50. The van der Waals surface area contributed by atoms with Gasteiger partial charge in [-0.2, -0.15) is 0 Å². The van der Waals surface area contributed by atoms with Gasteiger partial charge in [-0.05, 0) is 84.4 Å². The molecule has 0 bridgehead atoms. The number of hydrogen-bond acceptors (Lipinski definition) is 5. The van der Waals surface area contributed by atoms with Crippen molar-refractivity contribution >= 4 is 34.2 Å². The summed E-state index contributed by atoms with van der Waals surface area (Å²) in [7, 11) is 1.65. The van der Waals surface area contributed by atoms with Gasteiger partial charge in [0, 0.05) is 47.8 Å². The Morgan fingerprint density at radius 3 is 2.19 bits per heavy atom. The van der Waals surface area contributed by atoms with Crippen LogP contribution < -0.4 is 9.47 Å². The summed E-state index contributed by atoms with van der Waals surface area (Å²) in [5, 5.41) is 0. The Morgan fingerprint density at radius 1 is 0.946 bits per heavy atom. The molecule has 0 radical (unpaired) electrons. The molecular formula is C31H34INO4. The summed E-state index contributed by atoms with van der Waals surface area (Å²) in [6.45, 7) is 3.46. The van der Waals surface area contributed by atoms with E-state index in [0.717, 1.165) is 82.5 Å². The van der Waals surface area contributed by atoms with Crippen molar-refractivity contribution < 1.29 is 19.1 Å². The van der Waals surface area contributed by atoms with Crippen LogP contribution in [0.1, 0.15) is 68.9 Å². The number of ether oxygens (including phenoxy) is 2. The molecule has 1 heterocycles. The quantitative estimate of drug-likeness (QED) is 0.310. The largest absolute Gasteiger partial charge is 0.493 e. The third-order valence-electron chi connectivity index (χ3n) is 7.59. The number of carbonyl (C=O) groups is 2. The van der Waals surface area contributed by atoms with E-state index in [1.807, 2.05) is 12.1 Å². The van der Waals surface area contributed by atoms with Crippen LogP contribution in [0.3, 0.4) is 0 Å². The molecule has 0 aromatic heterocycles. The first-order valence-electron chi connectivity index (χ1n) is 13.4. The summed E-state index contributed by atoms with van der Waals surface area (Å²) in [6.07, 6.45) is 6.27. The molecular weight excluding hydrogens is 577 g/mol. The van der Waals surface area contributed by atoms with Crippen LogP contribution in [0.15, 0.2) is 65.0 Å². The van der Waals surface area contributed by atoms with Gasteiger partial charge in [0.05, 0.1) is 17.3 Å². The molecule has 5 rings (SSSR count). The Labute approximate surface area is 233 Å². The lowest BCUT2D eigenvalue weighted by Gasteiger charge is -2.44. The number of halogens is 1. The van der Waals surface area contributed by atoms with Crippen LogP contribution in [-0.2, 0) is 16.0 Å². The normalized spacial score (nSPS) is 18.2. The average molecular weight is 612 g/mol. The Morgan fingerprint density at radius 2 is 1.59 bits per heavy atom. The van der Waals surface area contributed by atoms with Gasteiger partial charge in [-0.1, -0.05) is 37.3 Å². The number of carbonyl (C=O) groups excluding carboxylic acids is 2. The van der Waals surface area contributed by atoms with E-state index in [9.17, 15) is 9.59 Å². The maximum absolute atomic E-state index is 13.6. The second-order valence-electron chi connectivity index (χ2n) is 9.98. The van der Waals surface area contributed by atoms with Gasteiger partial charge in [-0.25, -0.2) is 0 Å². The van der Waals surface area contributed by atoms with Gasteiger partial charge < -0.3 is 14.4 Å². The monoisotopic (exact) mass is 611 g/mol. The molecule has 0 spiro atoms. The van der Waals surface area contributed by atoms with Gasteiger partial charge in [0.1, 0.15) is 0 Å². The smallest absolute Gasteiger partial charge is 0.174 e. The maximum Gasteiger partial charge on any atom is 0.174 e. The van der Waals surface area contributed by atoms with Gasteiger partial charge in [-0.3, -0.25) is 9.59 Å². The average Bonchev–Trinajstić information content (AvgIpc) is 2.91. The second-order valence-corrected chi connectivity index (χ2v) is 11.1. The highest BCUT2D eigenvalue weighted by atomic mass is 127. The number of rotatable bonds is 8. The Bertz CT molecular complexity index is 1220. The van der Waals surface area contributed by atoms with E-state index in [4.69, 9.17) is 9.47 Å². The second kappa shape index (κ2) is 11.4. The van der Waals surface area contributed by atoms with E-state index in [0.29, 0.717) is 25.2 Å². The van der Waals surface area contributed by atoms with Crippen LogP contribution >= 0.6 is 22.6 Å². The molecule has 0 amide bonds. The van der Waals surface area contributed by atoms with Crippen LogP contribution in [0, 0.1) is 3.57 Å². The number of methoxy groups -OCH3 is 1. The molecule has 2 aliphatic carbocycles. The molecule has 37 heavy (non-hydrogen) atoms. The standard InChI is InChI=1S/C31H34INO4/c1-3-17-37-31-22(32)18-21(19-27(31)36-2)28-29-23(11-7-13-25(29)34)33(16-15-20-9-5-4-6-10-20)24-12-8-14-26(35)30(24)28/h4-6,9-10,18-19,28H,3,7-8,11-17H2,1-2H3. The van der Waals surface area contributed by atoms with Crippen molar-refractivity contribution in [2.75, 3.05) is 20.3 Å². The molecule has 0 N–H and O–H groups in total. The first kappa shape index (κ1) is 26.0. The molecule has 5 nitrogen and oxygen atoms in total. The fraction of sp³-hybridized carbons (Fsp3) is 0.419. The van der Waals surface area contributed by atoms with E-state index in [-0.39, 0.29) is 17.5 Å². The predicted molar refractivity (Wildman–Crippen MR) is 153 cm³/mol. The lowest BCUT2D eigenvalue weighted by Crippen LogP contribution is -2.40. The zero-order valence-corrected chi connectivity index (χ0v) is 23.8. The van der Waals surface area contributed by atoms with Gasteiger partial charge in [-0.15, -0.1) is 0 Å². The molecule has 6 heteroatoms. The maximum atomic E-state index is 13.6. The van der Waals surface area contributed by atoms with E-state index < -0.39 is 0 Å². The first-order valence-corrected chi connectivity index (χ1v) is 14.5. The third kappa shape index (κ3) is 5.09.